The fraction of sp³-hybridized carbons (Fsp3) is 0.385. The van der Waals surface area contributed by atoms with E-state index in [4.69, 9.17) is 9.15 Å². The second kappa shape index (κ2) is 11.2. The van der Waals surface area contributed by atoms with Gasteiger partial charge in [-0.2, -0.15) is 4.31 Å². The molecule has 9 heteroatoms. The molecular formula is C26H31N3O5S. The SMILES string of the molecule is Cc1ccc(-c2cnc(CCC(=O)NCc3ccccc3CS(=O)(=O)N3CCOCC3)o2)cc1C. The van der Waals surface area contributed by atoms with Crippen LogP contribution in [-0.2, 0) is 38.3 Å². The normalized spacial score (nSPS) is 14.7. The van der Waals surface area contributed by atoms with E-state index in [-0.39, 0.29) is 24.6 Å². The van der Waals surface area contributed by atoms with E-state index in [0.29, 0.717) is 49.9 Å². The van der Waals surface area contributed by atoms with Gasteiger partial charge in [0.25, 0.3) is 0 Å². The fourth-order valence-electron chi connectivity index (χ4n) is 3.94. The van der Waals surface area contributed by atoms with E-state index in [1.54, 1.807) is 12.3 Å². The van der Waals surface area contributed by atoms with Gasteiger partial charge in [-0.05, 0) is 42.2 Å². The fourth-order valence-corrected chi connectivity index (χ4v) is 5.50. The molecule has 1 aromatic heterocycles. The Morgan fingerprint density at radius 3 is 2.54 bits per heavy atom. The van der Waals surface area contributed by atoms with Gasteiger partial charge >= 0.3 is 0 Å². The van der Waals surface area contributed by atoms with Crippen LogP contribution in [0.15, 0.2) is 53.1 Å². The number of nitrogens with one attached hydrogen (secondary N) is 1. The van der Waals surface area contributed by atoms with Crippen molar-refractivity contribution in [1.82, 2.24) is 14.6 Å². The van der Waals surface area contributed by atoms with E-state index in [0.717, 1.165) is 11.1 Å². The van der Waals surface area contributed by atoms with E-state index >= 15 is 0 Å². The molecule has 8 nitrogen and oxygen atoms in total. The molecule has 0 atom stereocenters. The third-order valence-electron chi connectivity index (χ3n) is 6.21. The molecule has 35 heavy (non-hydrogen) atoms. The minimum atomic E-state index is -3.45. The highest BCUT2D eigenvalue weighted by Gasteiger charge is 2.25. The third-order valence-corrected chi connectivity index (χ3v) is 8.03. The quantitative estimate of drug-likeness (QED) is 0.486. The molecule has 4 rings (SSSR count). The number of sulfonamides is 1. The van der Waals surface area contributed by atoms with Crippen molar-refractivity contribution in [2.45, 2.75) is 39.0 Å². The van der Waals surface area contributed by atoms with Crippen LogP contribution < -0.4 is 5.32 Å². The predicted octanol–water partition coefficient (Wildman–Crippen LogP) is 3.37. The summed E-state index contributed by atoms with van der Waals surface area (Å²) < 4.78 is 38.2. The number of aryl methyl sites for hydroxylation is 3. The first-order chi connectivity index (χ1) is 16.8. The highest BCUT2D eigenvalue weighted by Crippen LogP contribution is 2.23. The molecule has 0 unspecified atom stereocenters. The summed E-state index contributed by atoms with van der Waals surface area (Å²) in [6.07, 6.45) is 2.29. The Morgan fingerprint density at radius 1 is 1.06 bits per heavy atom. The van der Waals surface area contributed by atoms with E-state index in [1.165, 1.54) is 15.4 Å². The van der Waals surface area contributed by atoms with Crippen molar-refractivity contribution in [2.24, 2.45) is 0 Å². The van der Waals surface area contributed by atoms with Crippen molar-refractivity contribution in [1.29, 1.82) is 0 Å². The first kappa shape index (κ1) is 25.1. The number of ether oxygens (including phenoxy) is 1. The maximum atomic E-state index is 12.8. The Balaban J connectivity index is 1.31. The molecule has 1 N–H and O–H groups in total. The van der Waals surface area contributed by atoms with Gasteiger partial charge < -0.3 is 14.5 Å². The van der Waals surface area contributed by atoms with Crippen LogP contribution in [0.1, 0.15) is 34.6 Å². The highest BCUT2D eigenvalue weighted by atomic mass is 32.2. The number of aromatic nitrogens is 1. The van der Waals surface area contributed by atoms with Gasteiger partial charge in [0.05, 0.1) is 25.2 Å². The van der Waals surface area contributed by atoms with Crippen LogP contribution in [0.4, 0.5) is 0 Å². The number of hydrogen-bond donors (Lipinski definition) is 1. The minimum absolute atomic E-state index is 0.101. The summed E-state index contributed by atoms with van der Waals surface area (Å²) in [5.41, 5.74) is 4.82. The second-order valence-electron chi connectivity index (χ2n) is 8.73. The molecule has 1 saturated heterocycles. The number of carbonyl (C=O) groups excluding carboxylic acids is 1. The van der Waals surface area contributed by atoms with Crippen molar-refractivity contribution in [2.75, 3.05) is 26.3 Å². The number of hydrogen-bond acceptors (Lipinski definition) is 6. The number of rotatable bonds is 9. The molecule has 3 aromatic rings. The average Bonchev–Trinajstić information content (AvgIpc) is 3.33. The standard InChI is InChI=1S/C26H31N3O5S/c1-19-7-8-21(15-20(19)2)24-17-28-26(34-24)10-9-25(30)27-16-22-5-3-4-6-23(22)18-35(31,32)29-11-13-33-14-12-29/h3-8,15,17H,9-14,16,18H2,1-2H3,(H,27,30). The van der Waals surface area contributed by atoms with Gasteiger partial charge in [-0.3, -0.25) is 4.79 Å². The second-order valence-corrected chi connectivity index (χ2v) is 10.7. The molecule has 1 amide bonds. The number of morpholine rings is 1. The molecular weight excluding hydrogens is 466 g/mol. The molecule has 1 aliphatic heterocycles. The lowest BCUT2D eigenvalue weighted by molar-refractivity contribution is -0.121. The van der Waals surface area contributed by atoms with E-state index in [2.05, 4.69) is 30.2 Å². The Labute approximate surface area is 206 Å². The van der Waals surface area contributed by atoms with Gasteiger partial charge in [-0.1, -0.05) is 36.4 Å². The Morgan fingerprint density at radius 2 is 1.80 bits per heavy atom. The molecule has 2 heterocycles. The molecule has 0 saturated carbocycles. The van der Waals surface area contributed by atoms with Crippen molar-refractivity contribution >= 4 is 15.9 Å². The summed E-state index contributed by atoms with van der Waals surface area (Å²) >= 11 is 0. The number of carbonyl (C=O) groups is 1. The van der Waals surface area contributed by atoms with Crippen LogP contribution in [0.2, 0.25) is 0 Å². The Kier molecular flexibility index (Phi) is 8.00. The lowest BCUT2D eigenvalue weighted by Gasteiger charge is -2.26. The van der Waals surface area contributed by atoms with E-state index in [1.807, 2.05) is 30.3 Å². The van der Waals surface area contributed by atoms with Gasteiger partial charge in [0, 0.05) is 38.0 Å². The molecule has 1 aliphatic rings. The van der Waals surface area contributed by atoms with Gasteiger partial charge in [-0.25, -0.2) is 13.4 Å². The van der Waals surface area contributed by atoms with Crippen molar-refractivity contribution in [3.63, 3.8) is 0 Å². The number of nitrogens with zero attached hydrogens (tertiary/aromatic N) is 2. The van der Waals surface area contributed by atoms with Crippen LogP contribution in [0, 0.1) is 13.8 Å². The van der Waals surface area contributed by atoms with Crippen molar-refractivity contribution in [3.05, 3.63) is 76.8 Å². The molecule has 1 fully saturated rings. The first-order valence-electron chi connectivity index (χ1n) is 11.7. The zero-order valence-corrected chi connectivity index (χ0v) is 20.9. The maximum absolute atomic E-state index is 12.8. The lowest BCUT2D eigenvalue weighted by atomic mass is 10.1. The third kappa shape index (κ3) is 6.56. The Bertz CT molecular complexity index is 1280. The predicted molar refractivity (Wildman–Crippen MR) is 133 cm³/mol. The van der Waals surface area contributed by atoms with Gasteiger partial charge in [0.2, 0.25) is 15.9 Å². The number of amides is 1. The summed E-state index contributed by atoms with van der Waals surface area (Å²) in [5, 5.41) is 2.89. The summed E-state index contributed by atoms with van der Waals surface area (Å²) in [4.78, 5) is 16.8. The number of oxazole rings is 1. The Hall–Kier alpha value is -3.01. The summed E-state index contributed by atoms with van der Waals surface area (Å²) in [5.74, 6) is 0.933. The van der Waals surface area contributed by atoms with Crippen molar-refractivity contribution in [3.8, 4) is 11.3 Å². The lowest BCUT2D eigenvalue weighted by Crippen LogP contribution is -2.41. The smallest absolute Gasteiger partial charge is 0.220 e. The molecule has 0 radical (unpaired) electrons. The van der Waals surface area contributed by atoms with Gasteiger partial charge in [-0.15, -0.1) is 0 Å². The molecule has 0 aliphatic carbocycles. The first-order valence-corrected chi connectivity index (χ1v) is 13.3. The monoisotopic (exact) mass is 497 g/mol. The maximum Gasteiger partial charge on any atom is 0.220 e. The summed E-state index contributed by atoms with van der Waals surface area (Å²) in [7, 11) is -3.45. The zero-order chi connectivity index (χ0) is 24.8. The largest absolute Gasteiger partial charge is 0.441 e. The molecule has 2 aromatic carbocycles. The highest BCUT2D eigenvalue weighted by molar-refractivity contribution is 7.88. The van der Waals surface area contributed by atoms with Gasteiger partial charge in [0.15, 0.2) is 11.7 Å². The van der Waals surface area contributed by atoms with Gasteiger partial charge in [0.1, 0.15) is 0 Å². The molecule has 0 spiro atoms. The van der Waals surface area contributed by atoms with Crippen LogP contribution in [0.25, 0.3) is 11.3 Å². The van der Waals surface area contributed by atoms with E-state index in [9.17, 15) is 13.2 Å². The molecule has 186 valence electrons. The van der Waals surface area contributed by atoms with Crippen LogP contribution >= 0.6 is 0 Å². The summed E-state index contributed by atoms with van der Waals surface area (Å²) in [6, 6.07) is 13.4. The molecule has 0 bridgehead atoms. The number of benzene rings is 2. The van der Waals surface area contributed by atoms with Crippen LogP contribution in [0.5, 0.6) is 0 Å². The topological polar surface area (TPSA) is 102 Å². The summed E-state index contributed by atoms with van der Waals surface area (Å²) in [6.45, 7) is 5.93. The average molecular weight is 498 g/mol. The van der Waals surface area contributed by atoms with Crippen LogP contribution in [0.3, 0.4) is 0 Å². The van der Waals surface area contributed by atoms with Crippen molar-refractivity contribution < 1.29 is 22.4 Å². The van der Waals surface area contributed by atoms with Crippen LogP contribution in [-0.4, -0.2) is 49.9 Å². The zero-order valence-electron chi connectivity index (χ0n) is 20.1. The van der Waals surface area contributed by atoms with E-state index < -0.39 is 10.0 Å². The minimum Gasteiger partial charge on any atom is -0.441 e.